The molecular formula is C13H14F2N2O5S. The average Bonchev–Trinajstić information content (AvgIpc) is 2.76. The van der Waals surface area contributed by atoms with Crippen LogP contribution in [0.5, 0.6) is 5.75 Å². The molecular weight excluding hydrogens is 334 g/mol. The van der Waals surface area contributed by atoms with Gasteiger partial charge in [-0.3, -0.25) is 4.79 Å². The van der Waals surface area contributed by atoms with E-state index in [1.807, 2.05) is 0 Å². The normalized spacial score (nSPS) is 16.7. The van der Waals surface area contributed by atoms with Gasteiger partial charge in [0.25, 0.3) is 5.91 Å². The fraction of sp³-hybridized carbons (Fsp3) is 0.308. The van der Waals surface area contributed by atoms with Crippen LogP contribution in [-0.4, -0.2) is 34.6 Å². The largest absolute Gasteiger partial charge is 0.501 e. The third-order valence-electron chi connectivity index (χ3n) is 2.97. The summed E-state index contributed by atoms with van der Waals surface area (Å²) in [5.41, 5.74) is -0.857. The van der Waals surface area contributed by atoms with Crippen molar-refractivity contribution in [3.05, 3.63) is 29.5 Å². The van der Waals surface area contributed by atoms with Crippen LogP contribution in [0, 0.1) is 11.6 Å². The summed E-state index contributed by atoms with van der Waals surface area (Å²) in [5.74, 6) is -3.82. The Morgan fingerprint density at radius 2 is 2.09 bits per heavy atom. The molecule has 126 valence electrons. The van der Waals surface area contributed by atoms with Crippen LogP contribution >= 0.6 is 0 Å². The van der Waals surface area contributed by atoms with Gasteiger partial charge in [0.15, 0.2) is 11.6 Å². The van der Waals surface area contributed by atoms with Gasteiger partial charge >= 0.3 is 10.2 Å². The predicted molar refractivity (Wildman–Crippen MR) is 78.0 cm³/mol. The maximum absolute atomic E-state index is 14.4. The van der Waals surface area contributed by atoms with Crippen LogP contribution in [0.25, 0.3) is 6.08 Å². The first-order chi connectivity index (χ1) is 10.8. The van der Waals surface area contributed by atoms with Gasteiger partial charge in [-0.1, -0.05) is 0 Å². The van der Waals surface area contributed by atoms with Crippen molar-refractivity contribution in [2.45, 2.75) is 6.92 Å². The molecule has 10 heteroatoms. The number of methoxy groups -OCH3 is 1. The van der Waals surface area contributed by atoms with E-state index in [0.29, 0.717) is 10.9 Å². The highest BCUT2D eigenvalue weighted by Crippen LogP contribution is 2.37. The van der Waals surface area contributed by atoms with Crippen molar-refractivity contribution >= 4 is 27.9 Å². The van der Waals surface area contributed by atoms with Crippen molar-refractivity contribution in [1.82, 2.24) is 4.72 Å². The third-order valence-corrected chi connectivity index (χ3v) is 4.35. The van der Waals surface area contributed by atoms with Gasteiger partial charge in [0, 0.05) is 5.56 Å². The van der Waals surface area contributed by atoms with Gasteiger partial charge in [-0.15, -0.1) is 0 Å². The molecule has 23 heavy (non-hydrogen) atoms. The third kappa shape index (κ3) is 3.21. The second-order valence-electron chi connectivity index (χ2n) is 4.44. The van der Waals surface area contributed by atoms with Gasteiger partial charge in [0.05, 0.1) is 20.0 Å². The predicted octanol–water partition coefficient (Wildman–Crippen LogP) is 1.16. The molecule has 0 spiro atoms. The average molecular weight is 348 g/mol. The molecule has 1 saturated heterocycles. The molecule has 0 bridgehead atoms. The van der Waals surface area contributed by atoms with E-state index in [4.69, 9.17) is 9.47 Å². The van der Waals surface area contributed by atoms with Crippen LogP contribution in [0.1, 0.15) is 12.5 Å². The lowest BCUT2D eigenvalue weighted by atomic mass is 10.1. The van der Waals surface area contributed by atoms with Crippen molar-refractivity contribution < 1.29 is 31.5 Å². The van der Waals surface area contributed by atoms with Crippen molar-refractivity contribution in [3.63, 3.8) is 0 Å². The van der Waals surface area contributed by atoms with Crippen molar-refractivity contribution in [2.24, 2.45) is 0 Å². The summed E-state index contributed by atoms with van der Waals surface area (Å²) in [5, 5.41) is 0. The Morgan fingerprint density at radius 1 is 1.39 bits per heavy atom. The minimum Gasteiger partial charge on any atom is -0.501 e. The summed E-state index contributed by atoms with van der Waals surface area (Å²) in [6, 6.07) is 1.11. The van der Waals surface area contributed by atoms with Crippen LogP contribution in [0.3, 0.4) is 0 Å². The molecule has 1 aromatic carbocycles. The van der Waals surface area contributed by atoms with Crippen LogP contribution in [0.2, 0.25) is 0 Å². The molecule has 0 unspecified atom stereocenters. The SMILES string of the molecule is CCOC=Cc1cc(OC)c(N2CC(=O)NS2(=O)=O)c(F)c1F. The minimum atomic E-state index is -4.29. The number of amides is 1. The van der Waals surface area contributed by atoms with Crippen molar-refractivity contribution in [2.75, 3.05) is 24.6 Å². The Morgan fingerprint density at radius 3 is 2.61 bits per heavy atom. The van der Waals surface area contributed by atoms with Gasteiger partial charge in [-0.25, -0.2) is 17.8 Å². The molecule has 0 radical (unpaired) electrons. The molecule has 1 aliphatic heterocycles. The van der Waals surface area contributed by atoms with Gasteiger partial charge in [-0.05, 0) is 19.1 Å². The topological polar surface area (TPSA) is 84.9 Å². The fourth-order valence-electron chi connectivity index (χ4n) is 1.98. The summed E-state index contributed by atoms with van der Waals surface area (Å²) < 4.78 is 64.1. The maximum Gasteiger partial charge on any atom is 0.326 e. The molecule has 0 atom stereocenters. The summed E-state index contributed by atoms with van der Waals surface area (Å²) in [7, 11) is -3.12. The molecule has 1 heterocycles. The van der Waals surface area contributed by atoms with Gasteiger partial charge in [0.1, 0.15) is 18.0 Å². The summed E-state index contributed by atoms with van der Waals surface area (Å²) >= 11 is 0. The van der Waals surface area contributed by atoms with E-state index in [9.17, 15) is 22.0 Å². The quantitative estimate of drug-likeness (QED) is 0.807. The first-order valence-electron chi connectivity index (χ1n) is 6.49. The fourth-order valence-corrected chi connectivity index (χ4v) is 3.14. The maximum atomic E-state index is 14.4. The lowest BCUT2D eigenvalue weighted by Gasteiger charge is -2.19. The number of benzene rings is 1. The monoisotopic (exact) mass is 348 g/mol. The van der Waals surface area contributed by atoms with E-state index >= 15 is 0 Å². The highest BCUT2D eigenvalue weighted by Gasteiger charge is 2.38. The molecule has 0 saturated carbocycles. The van der Waals surface area contributed by atoms with Crippen LogP contribution in [0.4, 0.5) is 14.5 Å². The highest BCUT2D eigenvalue weighted by molar-refractivity contribution is 7.92. The number of hydrogen-bond acceptors (Lipinski definition) is 5. The zero-order valence-electron chi connectivity index (χ0n) is 12.3. The van der Waals surface area contributed by atoms with Crippen molar-refractivity contribution in [1.29, 1.82) is 0 Å². The van der Waals surface area contributed by atoms with E-state index in [0.717, 1.165) is 6.07 Å². The van der Waals surface area contributed by atoms with E-state index < -0.39 is 40.0 Å². The summed E-state index contributed by atoms with van der Waals surface area (Å²) in [6.07, 6.45) is 2.35. The number of anilines is 1. The van der Waals surface area contributed by atoms with Gasteiger partial charge < -0.3 is 9.47 Å². The van der Waals surface area contributed by atoms with Crippen LogP contribution in [-0.2, 0) is 19.7 Å². The zero-order chi connectivity index (χ0) is 17.2. The van der Waals surface area contributed by atoms with Crippen LogP contribution in [0.15, 0.2) is 12.3 Å². The number of nitrogens with one attached hydrogen (secondary N) is 1. The highest BCUT2D eigenvalue weighted by atomic mass is 32.2. The lowest BCUT2D eigenvalue weighted by molar-refractivity contribution is -0.117. The molecule has 0 aromatic heterocycles. The lowest BCUT2D eigenvalue weighted by Crippen LogP contribution is -2.30. The second-order valence-corrected chi connectivity index (χ2v) is 6.03. The standard InChI is InChI=1S/C13H14F2N2O5S/c1-3-22-5-4-8-6-9(21-2)13(12(15)11(8)14)17-7-10(18)16-23(17,19)20/h4-6H,3,7H2,1-2H3,(H,16,18). The Kier molecular flexibility index (Phi) is 4.73. The molecule has 2 rings (SSSR count). The Bertz CT molecular complexity index is 764. The molecule has 1 fully saturated rings. The van der Waals surface area contributed by atoms with Gasteiger partial charge in [-0.2, -0.15) is 8.42 Å². The summed E-state index contributed by atoms with van der Waals surface area (Å²) in [6.45, 7) is 1.39. The number of ether oxygens (including phenoxy) is 2. The molecule has 0 aliphatic carbocycles. The number of rotatable bonds is 5. The number of halogens is 2. The van der Waals surface area contributed by atoms with Gasteiger partial charge in [0.2, 0.25) is 0 Å². The first kappa shape index (κ1) is 17.0. The van der Waals surface area contributed by atoms with E-state index in [-0.39, 0.29) is 11.3 Å². The molecule has 1 N–H and O–H groups in total. The smallest absolute Gasteiger partial charge is 0.326 e. The number of nitrogens with zero attached hydrogens (tertiary/aromatic N) is 1. The zero-order valence-corrected chi connectivity index (χ0v) is 13.1. The number of carbonyl (C=O) groups is 1. The molecule has 1 aliphatic rings. The minimum absolute atomic E-state index is 0.188. The van der Waals surface area contributed by atoms with E-state index in [1.54, 1.807) is 11.6 Å². The van der Waals surface area contributed by atoms with Crippen molar-refractivity contribution in [3.8, 4) is 5.75 Å². The van der Waals surface area contributed by atoms with E-state index in [2.05, 4.69) is 0 Å². The van der Waals surface area contributed by atoms with Crippen LogP contribution < -0.4 is 13.8 Å². The molecule has 1 amide bonds. The van der Waals surface area contributed by atoms with E-state index in [1.165, 1.54) is 19.4 Å². The number of carbonyl (C=O) groups excluding carboxylic acids is 1. The Hall–Kier alpha value is -2.36. The second kappa shape index (κ2) is 6.41. The molecule has 1 aromatic rings. The summed E-state index contributed by atoms with van der Waals surface area (Å²) in [4.78, 5) is 11.3. The first-order valence-corrected chi connectivity index (χ1v) is 7.93. The Labute approximate surface area is 131 Å². The molecule has 7 nitrogen and oxygen atoms in total. The number of hydrogen-bond donors (Lipinski definition) is 1. The Balaban J connectivity index is 2.57.